The van der Waals surface area contributed by atoms with Gasteiger partial charge in [-0.2, -0.15) is 0 Å². The van der Waals surface area contributed by atoms with Crippen LogP contribution in [0.4, 0.5) is 0 Å². The van der Waals surface area contributed by atoms with Crippen molar-refractivity contribution in [1.82, 2.24) is 0 Å². The van der Waals surface area contributed by atoms with Gasteiger partial charge < -0.3 is 5.73 Å². The Morgan fingerprint density at radius 1 is 1.29 bits per heavy atom. The molecule has 3 unspecified atom stereocenters. The number of nitrogens with two attached hydrogens (primary N) is 1. The highest BCUT2D eigenvalue weighted by atomic mass is 14.7. The summed E-state index contributed by atoms with van der Waals surface area (Å²) in [5, 5.41) is 0. The fourth-order valence-electron chi connectivity index (χ4n) is 1.78. The predicted octanol–water partition coefficient (Wildman–Crippen LogP) is 0.744. The Morgan fingerprint density at radius 2 is 2.14 bits per heavy atom. The van der Waals surface area contributed by atoms with Crippen LogP contribution in [0.1, 0.15) is 19.3 Å². The minimum atomic E-state index is 0.596. The van der Waals surface area contributed by atoms with Gasteiger partial charge in [-0.05, 0) is 31.1 Å². The molecule has 2 fully saturated rings. The fourth-order valence-corrected chi connectivity index (χ4v) is 1.78. The van der Waals surface area contributed by atoms with Crippen molar-refractivity contribution >= 4 is 0 Å². The average molecular weight is 97.2 g/mol. The van der Waals surface area contributed by atoms with E-state index in [2.05, 4.69) is 0 Å². The summed E-state index contributed by atoms with van der Waals surface area (Å²) in [6.45, 7) is 0. The third-order valence-corrected chi connectivity index (χ3v) is 2.60. The molecular weight excluding hydrogens is 86.1 g/mol. The smallest absolute Gasteiger partial charge is 0.00725 e. The van der Waals surface area contributed by atoms with Gasteiger partial charge in [0.1, 0.15) is 0 Å². The second-order valence-electron chi connectivity index (χ2n) is 2.90. The Bertz CT molecular complexity index is 86.2. The van der Waals surface area contributed by atoms with E-state index in [1.807, 2.05) is 0 Å². The summed E-state index contributed by atoms with van der Waals surface area (Å²) in [6.07, 6.45) is 4.22. The Labute approximate surface area is 43.9 Å². The number of hydrogen-bond donors (Lipinski definition) is 1. The topological polar surface area (TPSA) is 26.0 Å². The highest BCUT2D eigenvalue weighted by Crippen LogP contribution is 2.48. The fraction of sp³-hybridized carbons (Fsp3) is 1.00. The Morgan fingerprint density at radius 3 is 2.14 bits per heavy atom. The molecule has 2 rings (SSSR count). The molecule has 0 aromatic carbocycles. The lowest BCUT2D eigenvalue weighted by atomic mass is 9.57. The summed E-state index contributed by atoms with van der Waals surface area (Å²) in [6, 6.07) is 0.596. The first-order valence-electron chi connectivity index (χ1n) is 3.13. The largest absolute Gasteiger partial charge is 0.327 e. The van der Waals surface area contributed by atoms with Crippen LogP contribution >= 0.6 is 0 Å². The van der Waals surface area contributed by atoms with E-state index in [1.165, 1.54) is 19.3 Å². The van der Waals surface area contributed by atoms with E-state index in [9.17, 15) is 0 Å². The highest BCUT2D eigenvalue weighted by molar-refractivity contribution is 4.98. The van der Waals surface area contributed by atoms with Gasteiger partial charge in [0.25, 0.3) is 0 Å². The van der Waals surface area contributed by atoms with E-state index in [0.29, 0.717) is 6.04 Å². The molecule has 1 nitrogen and oxygen atoms in total. The molecule has 0 aromatic heterocycles. The predicted molar refractivity (Wildman–Crippen MR) is 28.8 cm³/mol. The lowest BCUT2D eigenvalue weighted by molar-refractivity contribution is 0.0258. The van der Waals surface area contributed by atoms with Crippen LogP contribution in [0.2, 0.25) is 0 Å². The van der Waals surface area contributed by atoms with Gasteiger partial charge >= 0.3 is 0 Å². The van der Waals surface area contributed by atoms with Crippen LogP contribution in [0.25, 0.3) is 0 Å². The zero-order valence-electron chi connectivity index (χ0n) is 4.43. The Hall–Kier alpha value is -0.0400. The van der Waals surface area contributed by atoms with Crippen molar-refractivity contribution in [2.75, 3.05) is 0 Å². The van der Waals surface area contributed by atoms with Gasteiger partial charge in [-0.1, -0.05) is 0 Å². The molecular formula is C6H11N. The molecule has 2 saturated carbocycles. The van der Waals surface area contributed by atoms with Gasteiger partial charge in [0.05, 0.1) is 0 Å². The molecule has 2 aliphatic rings. The van der Waals surface area contributed by atoms with E-state index < -0.39 is 0 Å². The maximum Gasteiger partial charge on any atom is 0.00725 e. The molecule has 0 aliphatic heterocycles. The first-order valence-corrected chi connectivity index (χ1v) is 3.13. The van der Waals surface area contributed by atoms with Crippen molar-refractivity contribution in [3.8, 4) is 0 Å². The summed E-state index contributed by atoms with van der Waals surface area (Å²) in [5.41, 5.74) is 5.66. The van der Waals surface area contributed by atoms with Crippen molar-refractivity contribution in [1.29, 1.82) is 0 Å². The molecule has 0 radical (unpaired) electrons. The monoisotopic (exact) mass is 97.1 g/mol. The normalized spacial score (nSPS) is 57.0. The molecule has 40 valence electrons. The van der Waals surface area contributed by atoms with Crippen molar-refractivity contribution < 1.29 is 0 Å². The average Bonchev–Trinajstić information content (AvgIpc) is 1.59. The van der Waals surface area contributed by atoms with Gasteiger partial charge in [-0.3, -0.25) is 0 Å². The first-order chi connectivity index (χ1) is 3.38. The van der Waals surface area contributed by atoms with Crippen LogP contribution in [0.3, 0.4) is 0 Å². The standard InChI is InChI=1S/C6H11N/c7-6-3-4-1-2-5(4)6/h4-6H,1-3,7H2. The number of fused-ring (bicyclic) bond motifs is 1. The van der Waals surface area contributed by atoms with E-state index in [0.717, 1.165) is 11.8 Å². The maximum atomic E-state index is 5.66. The molecule has 1 heteroatoms. The minimum absolute atomic E-state index is 0.596. The lowest BCUT2D eigenvalue weighted by Crippen LogP contribution is -2.53. The van der Waals surface area contributed by atoms with Crippen LogP contribution in [-0.2, 0) is 0 Å². The van der Waals surface area contributed by atoms with Gasteiger partial charge in [-0.15, -0.1) is 0 Å². The van der Waals surface area contributed by atoms with E-state index in [1.54, 1.807) is 0 Å². The van der Waals surface area contributed by atoms with Gasteiger partial charge in [-0.25, -0.2) is 0 Å². The van der Waals surface area contributed by atoms with Crippen molar-refractivity contribution in [3.05, 3.63) is 0 Å². The zero-order chi connectivity index (χ0) is 4.85. The summed E-state index contributed by atoms with van der Waals surface area (Å²) < 4.78 is 0. The summed E-state index contributed by atoms with van der Waals surface area (Å²) in [7, 11) is 0. The Kier molecular flexibility index (Phi) is 0.571. The van der Waals surface area contributed by atoms with Gasteiger partial charge in [0.15, 0.2) is 0 Å². The van der Waals surface area contributed by atoms with Crippen LogP contribution < -0.4 is 5.73 Å². The molecule has 2 N–H and O–H groups in total. The molecule has 0 aromatic rings. The van der Waals surface area contributed by atoms with Crippen molar-refractivity contribution in [2.24, 2.45) is 17.6 Å². The van der Waals surface area contributed by atoms with Crippen LogP contribution in [-0.4, -0.2) is 6.04 Å². The second-order valence-corrected chi connectivity index (χ2v) is 2.90. The van der Waals surface area contributed by atoms with E-state index >= 15 is 0 Å². The molecule has 0 spiro atoms. The van der Waals surface area contributed by atoms with Gasteiger partial charge in [0, 0.05) is 6.04 Å². The van der Waals surface area contributed by atoms with Gasteiger partial charge in [0.2, 0.25) is 0 Å². The summed E-state index contributed by atoms with van der Waals surface area (Å²) >= 11 is 0. The molecule has 7 heavy (non-hydrogen) atoms. The molecule has 0 heterocycles. The Balaban J connectivity index is 1.99. The SMILES string of the molecule is NC1CC2CCC12. The van der Waals surface area contributed by atoms with Crippen molar-refractivity contribution in [3.63, 3.8) is 0 Å². The molecule has 3 atom stereocenters. The third-order valence-electron chi connectivity index (χ3n) is 2.60. The van der Waals surface area contributed by atoms with Crippen molar-refractivity contribution in [2.45, 2.75) is 25.3 Å². The number of rotatable bonds is 0. The quantitative estimate of drug-likeness (QED) is 0.474. The molecule has 0 saturated heterocycles. The minimum Gasteiger partial charge on any atom is -0.327 e. The van der Waals surface area contributed by atoms with E-state index in [-0.39, 0.29) is 0 Å². The highest BCUT2D eigenvalue weighted by Gasteiger charge is 2.44. The zero-order valence-corrected chi connectivity index (χ0v) is 4.43. The van der Waals surface area contributed by atoms with Crippen LogP contribution in [0, 0.1) is 11.8 Å². The third kappa shape index (κ3) is 0.325. The second kappa shape index (κ2) is 1.03. The maximum absolute atomic E-state index is 5.66. The molecule has 0 bridgehead atoms. The summed E-state index contributed by atoms with van der Waals surface area (Å²) in [5.74, 6) is 2.02. The van der Waals surface area contributed by atoms with E-state index in [4.69, 9.17) is 5.73 Å². The molecule has 2 aliphatic carbocycles. The summed E-state index contributed by atoms with van der Waals surface area (Å²) in [4.78, 5) is 0. The molecule has 0 amide bonds. The number of hydrogen-bond acceptors (Lipinski definition) is 1. The van der Waals surface area contributed by atoms with Crippen LogP contribution in [0.15, 0.2) is 0 Å². The van der Waals surface area contributed by atoms with Crippen LogP contribution in [0.5, 0.6) is 0 Å². The first kappa shape index (κ1) is 3.90. The lowest BCUT2D eigenvalue weighted by Gasteiger charge is -2.51.